The van der Waals surface area contributed by atoms with E-state index in [-0.39, 0.29) is 11.9 Å². The molecule has 4 nitrogen and oxygen atoms in total. The van der Waals surface area contributed by atoms with Crippen molar-refractivity contribution in [1.82, 2.24) is 4.90 Å². The van der Waals surface area contributed by atoms with Crippen LogP contribution in [0.15, 0.2) is 84.9 Å². The summed E-state index contributed by atoms with van der Waals surface area (Å²) in [5.41, 5.74) is 2.13. The van der Waals surface area contributed by atoms with Crippen LogP contribution >= 0.6 is 0 Å². The predicted octanol–water partition coefficient (Wildman–Crippen LogP) is 4.23. The molecule has 2 atom stereocenters. The minimum Gasteiger partial charge on any atom is -0.497 e. The third-order valence-corrected chi connectivity index (χ3v) is 4.81. The lowest BCUT2D eigenvalue weighted by molar-refractivity contribution is -0.165. The van der Waals surface area contributed by atoms with Gasteiger partial charge in [0.2, 0.25) is 6.10 Å². The van der Waals surface area contributed by atoms with Gasteiger partial charge in [0.25, 0.3) is 5.91 Å². The largest absolute Gasteiger partial charge is 0.497 e. The number of carbonyl (C=O) groups is 1. The van der Waals surface area contributed by atoms with Gasteiger partial charge >= 0.3 is 0 Å². The average Bonchev–Trinajstić information content (AvgIpc) is 2.74. The second-order valence-corrected chi connectivity index (χ2v) is 6.52. The number of para-hydroxylation sites is 1. The van der Waals surface area contributed by atoms with Crippen molar-refractivity contribution < 1.29 is 14.3 Å². The second-order valence-electron chi connectivity index (χ2n) is 6.52. The zero-order chi connectivity index (χ0) is 18.6. The Morgan fingerprint density at radius 2 is 1.44 bits per heavy atom. The van der Waals surface area contributed by atoms with Crippen molar-refractivity contribution in [2.75, 3.05) is 7.11 Å². The summed E-state index contributed by atoms with van der Waals surface area (Å²) < 4.78 is 11.3. The Hall–Kier alpha value is -3.27. The van der Waals surface area contributed by atoms with Crippen molar-refractivity contribution >= 4 is 5.91 Å². The molecule has 1 aliphatic rings. The highest BCUT2D eigenvalue weighted by Crippen LogP contribution is 2.39. The molecule has 1 heterocycles. The molecule has 0 aliphatic carbocycles. The molecule has 1 amide bonds. The standard InChI is InChI=1S/C23H21NO3/c1-26-19-14-12-18(13-15-19)21-22(27-20-10-6-3-7-11-20)23(25)24(21)16-17-8-4-2-5-9-17/h2-15,21-22H,16H2,1H3/t21-,22+/m0/s1. The minimum atomic E-state index is -0.524. The maximum absolute atomic E-state index is 12.9. The van der Waals surface area contributed by atoms with Crippen LogP contribution in [0.25, 0.3) is 0 Å². The fourth-order valence-corrected chi connectivity index (χ4v) is 3.39. The molecule has 136 valence electrons. The van der Waals surface area contributed by atoms with Crippen LogP contribution in [0.2, 0.25) is 0 Å². The lowest BCUT2D eigenvalue weighted by atomic mass is 9.89. The first kappa shape index (κ1) is 17.2. The van der Waals surface area contributed by atoms with E-state index in [1.165, 1.54) is 0 Å². The average molecular weight is 359 g/mol. The van der Waals surface area contributed by atoms with Crippen molar-refractivity contribution in [3.63, 3.8) is 0 Å². The van der Waals surface area contributed by atoms with Crippen LogP contribution < -0.4 is 9.47 Å². The fourth-order valence-electron chi connectivity index (χ4n) is 3.39. The van der Waals surface area contributed by atoms with Gasteiger partial charge < -0.3 is 14.4 Å². The van der Waals surface area contributed by atoms with Gasteiger partial charge in [-0.2, -0.15) is 0 Å². The number of methoxy groups -OCH3 is 1. The van der Waals surface area contributed by atoms with Crippen LogP contribution in [0.3, 0.4) is 0 Å². The van der Waals surface area contributed by atoms with Gasteiger partial charge in [-0.25, -0.2) is 0 Å². The monoisotopic (exact) mass is 359 g/mol. The van der Waals surface area contributed by atoms with E-state index in [0.717, 1.165) is 16.9 Å². The summed E-state index contributed by atoms with van der Waals surface area (Å²) in [6.45, 7) is 0.561. The summed E-state index contributed by atoms with van der Waals surface area (Å²) in [6, 6.07) is 27.2. The first-order valence-corrected chi connectivity index (χ1v) is 8.96. The number of rotatable bonds is 6. The molecule has 4 heteroatoms. The normalized spacial score (nSPS) is 18.7. The molecule has 1 saturated heterocycles. The molecule has 0 N–H and O–H groups in total. The molecule has 0 saturated carbocycles. The fraction of sp³-hybridized carbons (Fsp3) is 0.174. The van der Waals surface area contributed by atoms with Crippen LogP contribution in [0, 0.1) is 0 Å². The van der Waals surface area contributed by atoms with E-state index in [0.29, 0.717) is 12.3 Å². The molecule has 3 aromatic carbocycles. The van der Waals surface area contributed by atoms with E-state index >= 15 is 0 Å². The summed E-state index contributed by atoms with van der Waals surface area (Å²) in [6.07, 6.45) is -0.524. The molecule has 0 spiro atoms. The Balaban J connectivity index is 1.61. The quantitative estimate of drug-likeness (QED) is 0.619. The SMILES string of the molecule is COc1ccc([C@H]2[C@@H](Oc3ccccc3)C(=O)N2Cc2ccccc2)cc1. The molecule has 0 unspecified atom stereocenters. The van der Waals surface area contributed by atoms with Gasteiger partial charge in [0, 0.05) is 6.54 Å². The smallest absolute Gasteiger partial charge is 0.267 e. The van der Waals surface area contributed by atoms with Gasteiger partial charge in [-0.15, -0.1) is 0 Å². The highest BCUT2D eigenvalue weighted by atomic mass is 16.5. The van der Waals surface area contributed by atoms with Crippen LogP contribution in [0.5, 0.6) is 11.5 Å². The summed E-state index contributed by atoms with van der Waals surface area (Å²) in [4.78, 5) is 14.7. The molecule has 1 fully saturated rings. The molecule has 1 aliphatic heterocycles. The molecular formula is C23H21NO3. The Morgan fingerprint density at radius 3 is 2.07 bits per heavy atom. The van der Waals surface area contributed by atoms with Gasteiger partial charge in [0.1, 0.15) is 17.5 Å². The van der Waals surface area contributed by atoms with E-state index in [1.807, 2.05) is 89.8 Å². The predicted molar refractivity (Wildman–Crippen MR) is 104 cm³/mol. The van der Waals surface area contributed by atoms with Gasteiger partial charge in [-0.1, -0.05) is 60.7 Å². The van der Waals surface area contributed by atoms with E-state index in [4.69, 9.17) is 9.47 Å². The number of likely N-dealkylation sites (tertiary alicyclic amines) is 1. The lowest BCUT2D eigenvalue weighted by Gasteiger charge is -2.46. The Morgan fingerprint density at radius 1 is 0.815 bits per heavy atom. The van der Waals surface area contributed by atoms with Crippen LogP contribution in [-0.2, 0) is 11.3 Å². The van der Waals surface area contributed by atoms with Gasteiger partial charge in [-0.3, -0.25) is 4.79 Å². The summed E-state index contributed by atoms with van der Waals surface area (Å²) >= 11 is 0. The van der Waals surface area contributed by atoms with E-state index in [1.54, 1.807) is 7.11 Å². The van der Waals surface area contributed by atoms with Crippen molar-refractivity contribution in [1.29, 1.82) is 0 Å². The van der Waals surface area contributed by atoms with Gasteiger partial charge in [0.15, 0.2) is 0 Å². The molecule has 0 bridgehead atoms. The van der Waals surface area contributed by atoms with Crippen molar-refractivity contribution in [2.24, 2.45) is 0 Å². The Bertz CT molecular complexity index is 842. The summed E-state index contributed by atoms with van der Waals surface area (Å²) in [5, 5.41) is 0. The molecule has 4 rings (SSSR count). The number of benzene rings is 3. The number of hydrogen-bond donors (Lipinski definition) is 0. The number of nitrogens with zero attached hydrogens (tertiary/aromatic N) is 1. The van der Waals surface area contributed by atoms with Crippen LogP contribution in [-0.4, -0.2) is 24.0 Å². The summed E-state index contributed by atoms with van der Waals surface area (Å²) in [5.74, 6) is 1.50. The Labute approximate surface area is 159 Å². The lowest BCUT2D eigenvalue weighted by Crippen LogP contribution is -2.60. The van der Waals surface area contributed by atoms with Gasteiger partial charge in [0.05, 0.1) is 7.11 Å². The highest BCUT2D eigenvalue weighted by molar-refractivity contribution is 5.89. The van der Waals surface area contributed by atoms with Crippen molar-refractivity contribution in [3.05, 3.63) is 96.1 Å². The number of ether oxygens (including phenoxy) is 2. The van der Waals surface area contributed by atoms with Crippen molar-refractivity contribution in [2.45, 2.75) is 18.7 Å². The first-order chi connectivity index (χ1) is 13.3. The van der Waals surface area contributed by atoms with E-state index in [9.17, 15) is 4.79 Å². The Kier molecular flexibility index (Phi) is 4.79. The van der Waals surface area contributed by atoms with Gasteiger partial charge in [-0.05, 0) is 35.4 Å². The van der Waals surface area contributed by atoms with Crippen LogP contribution in [0.4, 0.5) is 0 Å². The molecule has 0 aromatic heterocycles. The number of carbonyl (C=O) groups excluding carboxylic acids is 1. The molecule has 3 aromatic rings. The van der Waals surface area contributed by atoms with E-state index in [2.05, 4.69) is 0 Å². The number of amides is 1. The third-order valence-electron chi connectivity index (χ3n) is 4.81. The second kappa shape index (κ2) is 7.54. The molecule has 0 radical (unpaired) electrons. The van der Waals surface area contributed by atoms with E-state index < -0.39 is 6.10 Å². The third kappa shape index (κ3) is 3.51. The topological polar surface area (TPSA) is 38.8 Å². The van der Waals surface area contributed by atoms with Crippen molar-refractivity contribution in [3.8, 4) is 11.5 Å². The highest BCUT2D eigenvalue weighted by Gasteiger charge is 2.50. The maximum atomic E-state index is 12.9. The maximum Gasteiger partial charge on any atom is 0.267 e. The minimum absolute atomic E-state index is 0.00326. The zero-order valence-corrected chi connectivity index (χ0v) is 15.1. The molecule has 27 heavy (non-hydrogen) atoms. The first-order valence-electron chi connectivity index (χ1n) is 8.96. The van der Waals surface area contributed by atoms with Crippen LogP contribution in [0.1, 0.15) is 17.2 Å². The number of hydrogen-bond acceptors (Lipinski definition) is 3. The molecular weight excluding hydrogens is 338 g/mol. The zero-order valence-electron chi connectivity index (χ0n) is 15.1. The summed E-state index contributed by atoms with van der Waals surface area (Å²) in [7, 11) is 1.64. The number of β-lactam (4-membered cyclic amide) rings is 1.